The number of carbonyl (C=O) groups excluding carboxylic acids is 2. The van der Waals surface area contributed by atoms with Gasteiger partial charge >= 0.3 is 0 Å². The number of rotatable bonds is 8. The third-order valence-corrected chi connectivity index (χ3v) is 5.10. The number of methoxy groups -OCH3 is 2. The highest BCUT2D eigenvalue weighted by molar-refractivity contribution is 6.10. The number of ketones is 1. The summed E-state index contributed by atoms with van der Waals surface area (Å²) in [6.07, 6.45) is 1.41. The number of unbranched alkanes of at least 4 members (excludes halogenated alkanes) is 1. The largest absolute Gasteiger partial charge is 0.493 e. The Hall–Kier alpha value is -2.86. The van der Waals surface area contributed by atoms with Crippen LogP contribution in [0.3, 0.4) is 0 Å². The van der Waals surface area contributed by atoms with E-state index in [0.717, 1.165) is 12.8 Å². The average molecular weight is 383 g/mol. The van der Waals surface area contributed by atoms with Crippen LogP contribution in [0.1, 0.15) is 42.1 Å². The van der Waals surface area contributed by atoms with Crippen molar-refractivity contribution in [3.8, 4) is 11.5 Å². The van der Waals surface area contributed by atoms with Gasteiger partial charge in [0.25, 0.3) is 5.91 Å². The van der Waals surface area contributed by atoms with Crippen molar-refractivity contribution in [1.82, 2.24) is 0 Å². The fourth-order valence-corrected chi connectivity index (χ4v) is 3.56. The second kappa shape index (κ2) is 8.02. The van der Waals surface area contributed by atoms with E-state index in [9.17, 15) is 14.7 Å². The molecule has 0 bridgehead atoms. The van der Waals surface area contributed by atoms with Crippen molar-refractivity contribution in [2.45, 2.75) is 31.8 Å². The number of carbonyl (C=O) groups is 2. The molecule has 0 aliphatic carbocycles. The first-order valence-electron chi connectivity index (χ1n) is 9.35. The summed E-state index contributed by atoms with van der Waals surface area (Å²) in [4.78, 5) is 27.6. The number of Topliss-reactive ketones (excluding diaryl/α,β-unsaturated/α-hetero) is 1. The first-order valence-corrected chi connectivity index (χ1v) is 9.35. The zero-order chi connectivity index (χ0) is 20.3. The van der Waals surface area contributed by atoms with Crippen LogP contribution in [-0.2, 0) is 10.4 Å². The molecule has 1 N–H and O–H groups in total. The number of aliphatic hydroxyl groups is 1. The molecule has 0 aromatic heterocycles. The van der Waals surface area contributed by atoms with Crippen LogP contribution < -0.4 is 14.4 Å². The summed E-state index contributed by atoms with van der Waals surface area (Å²) in [5.41, 5.74) is -0.369. The third-order valence-electron chi connectivity index (χ3n) is 5.10. The van der Waals surface area contributed by atoms with Crippen LogP contribution in [0.2, 0.25) is 0 Å². The highest BCUT2D eigenvalue weighted by atomic mass is 16.5. The maximum absolute atomic E-state index is 13.1. The third kappa shape index (κ3) is 3.36. The van der Waals surface area contributed by atoms with Crippen molar-refractivity contribution >= 4 is 17.4 Å². The lowest BCUT2D eigenvalue weighted by atomic mass is 9.88. The Morgan fingerprint density at radius 2 is 1.82 bits per heavy atom. The van der Waals surface area contributed by atoms with E-state index in [1.165, 1.54) is 14.2 Å². The van der Waals surface area contributed by atoms with Crippen LogP contribution in [0, 0.1) is 0 Å². The molecule has 6 heteroatoms. The van der Waals surface area contributed by atoms with Crippen LogP contribution in [0.15, 0.2) is 42.5 Å². The number of anilines is 1. The molecule has 3 rings (SSSR count). The van der Waals surface area contributed by atoms with Gasteiger partial charge in [0.1, 0.15) is 0 Å². The summed E-state index contributed by atoms with van der Waals surface area (Å²) in [5, 5.41) is 11.3. The second-order valence-corrected chi connectivity index (χ2v) is 6.86. The molecular weight excluding hydrogens is 358 g/mol. The number of hydrogen-bond donors (Lipinski definition) is 1. The zero-order valence-electron chi connectivity index (χ0n) is 16.4. The summed E-state index contributed by atoms with van der Waals surface area (Å²) >= 11 is 0. The minimum absolute atomic E-state index is 0.332. The Bertz CT molecular complexity index is 894. The lowest BCUT2D eigenvalue weighted by Gasteiger charge is -2.23. The first kappa shape index (κ1) is 19.9. The molecule has 0 spiro atoms. The number of hydrogen-bond acceptors (Lipinski definition) is 5. The van der Waals surface area contributed by atoms with Gasteiger partial charge in [-0.1, -0.05) is 31.5 Å². The molecule has 1 aliphatic heterocycles. The Labute approximate surface area is 164 Å². The van der Waals surface area contributed by atoms with Crippen molar-refractivity contribution < 1.29 is 24.2 Å². The summed E-state index contributed by atoms with van der Waals surface area (Å²) in [6, 6.07) is 11.9. The summed E-state index contributed by atoms with van der Waals surface area (Å²) in [5.74, 6) is 0.133. The maximum atomic E-state index is 13.1. The number of para-hydroxylation sites is 1. The van der Waals surface area contributed by atoms with Crippen LogP contribution >= 0.6 is 0 Å². The van der Waals surface area contributed by atoms with Gasteiger partial charge in [-0.25, -0.2) is 0 Å². The number of amides is 1. The molecule has 1 aliphatic rings. The molecule has 28 heavy (non-hydrogen) atoms. The standard InChI is InChI=1S/C22H25NO5/c1-4-5-12-23-17-9-7-6-8-16(17)22(26,21(23)25)14-18(24)15-10-11-19(27-2)20(13-15)28-3/h6-11,13,26H,4-5,12,14H2,1-3H3/t22-/m0/s1. The lowest BCUT2D eigenvalue weighted by molar-refractivity contribution is -0.135. The van der Waals surface area contributed by atoms with Crippen molar-refractivity contribution in [3.05, 3.63) is 53.6 Å². The van der Waals surface area contributed by atoms with Gasteiger partial charge < -0.3 is 19.5 Å². The first-order chi connectivity index (χ1) is 13.5. The number of ether oxygens (including phenoxy) is 2. The van der Waals surface area contributed by atoms with E-state index in [4.69, 9.17) is 9.47 Å². The molecule has 0 radical (unpaired) electrons. The number of nitrogens with zero attached hydrogens (tertiary/aromatic N) is 1. The molecule has 1 heterocycles. The van der Waals surface area contributed by atoms with Crippen molar-refractivity contribution in [1.29, 1.82) is 0 Å². The molecule has 0 saturated heterocycles. The van der Waals surface area contributed by atoms with Gasteiger partial charge in [-0.15, -0.1) is 0 Å². The van der Waals surface area contributed by atoms with E-state index in [2.05, 4.69) is 0 Å². The second-order valence-electron chi connectivity index (χ2n) is 6.86. The molecule has 2 aromatic carbocycles. The molecule has 0 unspecified atom stereocenters. The fourth-order valence-electron chi connectivity index (χ4n) is 3.56. The Kier molecular flexibility index (Phi) is 5.70. The summed E-state index contributed by atoms with van der Waals surface area (Å²) < 4.78 is 10.4. The monoisotopic (exact) mass is 383 g/mol. The Balaban J connectivity index is 1.92. The minimum Gasteiger partial charge on any atom is -0.493 e. The van der Waals surface area contributed by atoms with Gasteiger partial charge in [0.05, 0.1) is 26.3 Å². The smallest absolute Gasteiger partial charge is 0.264 e. The molecule has 1 atom stereocenters. The maximum Gasteiger partial charge on any atom is 0.264 e. The molecule has 2 aromatic rings. The highest BCUT2D eigenvalue weighted by Crippen LogP contribution is 2.43. The predicted molar refractivity (Wildman–Crippen MR) is 106 cm³/mol. The summed E-state index contributed by atoms with van der Waals surface area (Å²) in [6.45, 7) is 2.55. The quantitative estimate of drug-likeness (QED) is 0.708. The van der Waals surface area contributed by atoms with E-state index in [0.29, 0.717) is 34.9 Å². The molecule has 0 saturated carbocycles. The predicted octanol–water partition coefficient (Wildman–Crippen LogP) is 3.31. The SMILES string of the molecule is CCCCN1C(=O)[C@](O)(CC(=O)c2ccc(OC)c(OC)c2)c2ccccc21. The molecule has 6 nitrogen and oxygen atoms in total. The van der Waals surface area contributed by atoms with Gasteiger partial charge in [0, 0.05) is 17.7 Å². The van der Waals surface area contributed by atoms with Gasteiger partial charge in [-0.3, -0.25) is 9.59 Å². The van der Waals surface area contributed by atoms with Crippen molar-refractivity contribution in [3.63, 3.8) is 0 Å². The van der Waals surface area contributed by atoms with E-state index < -0.39 is 11.5 Å². The van der Waals surface area contributed by atoms with Gasteiger partial charge in [-0.05, 0) is 30.7 Å². The van der Waals surface area contributed by atoms with Gasteiger partial charge in [0.2, 0.25) is 0 Å². The van der Waals surface area contributed by atoms with E-state index in [1.807, 2.05) is 19.1 Å². The van der Waals surface area contributed by atoms with Gasteiger partial charge in [-0.2, -0.15) is 0 Å². The molecule has 1 amide bonds. The molecule has 148 valence electrons. The van der Waals surface area contributed by atoms with Crippen molar-refractivity contribution in [2.24, 2.45) is 0 Å². The molecule has 0 fully saturated rings. The van der Waals surface area contributed by atoms with Crippen LogP contribution in [-0.4, -0.2) is 37.6 Å². The normalized spacial score (nSPS) is 18.1. The van der Waals surface area contributed by atoms with E-state index >= 15 is 0 Å². The van der Waals surface area contributed by atoms with Crippen molar-refractivity contribution in [2.75, 3.05) is 25.7 Å². The Morgan fingerprint density at radius 3 is 2.50 bits per heavy atom. The number of benzene rings is 2. The van der Waals surface area contributed by atoms with E-state index in [-0.39, 0.29) is 12.2 Å². The number of fused-ring (bicyclic) bond motifs is 1. The molecular formula is C22H25NO5. The van der Waals surface area contributed by atoms with Crippen LogP contribution in [0.5, 0.6) is 11.5 Å². The average Bonchev–Trinajstić information content (AvgIpc) is 2.93. The minimum atomic E-state index is -1.87. The zero-order valence-corrected chi connectivity index (χ0v) is 16.4. The topological polar surface area (TPSA) is 76.1 Å². The van der Waals surface area contributed by atoms with Crippen LogP contribution in [0.25, 0.3) is 0 Å². The fraction of sp³-hybridized carbons (Fsp3) is 0.364. The lowest BCUT2D eigenvalue weighted by Crippen LogP contribution is -2.42. The summed E-state index contributed by atoms with van der Waals surface area (Å²) in [7, 11) is 3.00. The van der Waals surface area contributed by atoms with E-state index in [1.54, 1.807) is 35.2 Å². The highest BCUT2D eigenvalue weighted by Gasteiger charge is 2.50. The van der Waals surface area contributed by atoms with Gasteiger partial charge in [0.15, 0.2) is 22.9 Å². The van der Waals surface area contributed by atoms with Crippen LogP contribution in [0.4, 0.5) is 5.69 Å². The Morgan fingerprint density at radius 1 is 1.11 bits per heavy atom.